The highest BCUT2D eigenvalue weighted by Gasteiger charge is 2.37. The van der Waals surface area contributed by atoms with Gasteiger partial charge in [-0.2, -0.15) is 0 Å². The average molecular weight is 260 g/mol. The van der Waals surface area contributed by atoms with Crippen LogP contribution in [0.15, 0.2) is 24.3 Å². The minimum Gasteiger partial charge on any atom is -0.480 e. The van der Waals surface area contributed by atoms with Crippen LogP contribution in [0.2, 0.25) is 0 Å². The van der Waals surface area contributed by atoms with Gasteiger partial charge in [0, 0.05) is 19.6 Å². The maximum Gasteiger partial charge on any atom is 0.326 e. The van der Waals surface area contributed by atoms with E-state index in [-0.39, 0.29) is 6.03 Å². The second-order valence-corrected chi connectivity index (χ2v) is 5.10. The van der Waals surface area contributed by atoms with Gasteiger partial charge in [-0.3, -0.25) is 0 Å². The zero-order valence-corrected chi connectivity index (χ0v) is 10.6. The van der Waals surface area contributed by atoms with Gasteiger partial charge in [-0.1, -0.05) is 24.3 Å². The van der Waals surface area contributed by atoms with Crippen molar-refractivity contribution in [1.29, 1.82) is 0 Å². The van der Waals surface area contributed by atoms with Crippen molar-refractivity contribution < 1.29 is 14.7 Å². The zero-order valence-electron chi connectivity index (χ0n) is 10.6. The number of urea groups is 1. The molecular formula is C14H16N2O3. The number of amides is 2. The molecule has 1 N–H and O–H groups in total. The highest BCUT2D eigenvalue weighted by Crippen LogP contribution is 2.26. The molecule has 0 radical (unpaired) electrons. The summed E-state index contributed by atoms with van der Waals surface area (Å²) >= 11 is 0. The van der Waals surface area contributed by atoms with Gasteiger partial charge in [-0.05, 0) is 24.0 Å². The first-order valence-electron chi connectivity index (χ1n) is 6.52. The Hall–Kier alpha value is -2.04. The lowest BCUT2D eigenvalue weighted by Crippen LogP contribution is -2.46. The van der Waals surface area contributed by atoms with E-state index in [0.29, 0.717) is 26.1 Å². The van der Waals surface area contributed by atoms with Crippen LogP contribution >= 0.6 is 0 Å². The first-order valence-corrected chi connectivity index (χ1v) is 6.52. The van der Waals surface area contributed by atoms with Gasteiger partial charge in [0.15, 0.2) is 0 Å². The van der Waals surface area contributed by atoms with Crippen molar-refractivity contribution in [3.8, 4) is 0 Å². The fraction of sp³-hybridized carbons (Fsp3) is 0.429. The first-order chi connectivity index (χ1) is 9.16. The number of carbonyl (C=O) groups is 2. The molecule has 0 aromatic heterocycles. The SMILES string of the molecule is O=C(O)[C@@H]1CCCN1C(=O)N1Cc2ccccc2C1. The molecule has 0 bridgehead atoms. The Morgan fingerprint density at radius 2 is 1.79 bits per heavy atom. The number of hydrogen-bond donors (Lipinski definition) is 1. The Kier molecular flexibility index (Phi) is 2.89. The molecule has 100 valence electrons. The summed E-state index contributed by atoms with van der Waals surface area (Å²) in [4.78, 5) is 26.8. The summed E-state index contributed by atoms with van der Waals surface area (Å²) in [6.45, 7) is 1.71. The number of aliphatic carboxylic acids is 1. The van der Waals surface area contributed by atoms with E-state index in [1.54, 1.807) is 4.90 Å². The molecule has 0 aliphatic carbocycles. The quantitative estimate of drug-likeness (QED) is 0.835. The molecule has 5 heteroatoms. The third-order valence-electron chi connectivity index (χ3n) is 3.89. The van der Waals surface area contributed by atoms with Gasteiger partial charge >= 0.3 is 12.0 Å². The zero-order chi connectivity index (χ0) is 13.4. The summed E-state index contributed by atoms with van der Waals surface area (Å²) in [6.07, 6.45) is 1.32. The van der Waals surface area contributed by atoms with Crippen LogP contribution in [0.1, 0.15) is 24.0 Å². The van der Waals surface area contributed by atoms with Crippen LogP contribution in [0.25, 0.3) is 0 Å². The lowest BCUT2D eigenvalue weighted by atomic mass is 10.1. The second-order valence-electron chi connectivity index (χ2n) is 5.10. The maximum atomic E-state index is 12.4. The van der Waals surface area contributed by atoms with Crippen LogP contribution < -0.4 is 0 Å². The smallest absolute Gasteiger partial charge is 0.326 e. The van der Waals surface area contributed by atoms with Crippen molar-refractivity contribution in [2.75, 3.05) is 6.54 Å². The van der Waals surface area contributed by atoms with Gasteiger partial charge in [0.05, 0.1) is 0 Å². The highest BCUT2D eigenvalue weighted by molar-refractivity contribution is 5.83. The molecule has 1 atom stereocenters. The summed E-state index contributed by atoms with van der Waals surface area (Å²) in [5, 5.41) is 9.14. The van der Waals surface area contributed by atoms with Crippen LogP contribution in [-0.4, -0.2) is 39.5 Å². The third kappa shape index (κ3) is 2.05. The number of carboxylic acid groups (broad SMARTS) is 1. The number of hydrogen-bond acceptors (Lipinski definition) is 2. The van der Waals surface area contributed by atoms with E-state index in [2.05, 4.69) is 0 Å². The molecule has 1 aromatic carbocycles. The van der Waals surface area contributed by atoms with Crippen molar-refractivity contribution in [3.05, 3.63) is 35.4 Å². The minimum absolute atomic E-state index is 0.152. The second kappa shape index (κ2) is 4.57. The summed E-state index contributed by atoms with van der Waals surface area (Å²) < 4.78 is 0. The van der Waals surface area contributed by atoms with Crippen LogP contribution in [-0.2, 0) is 17.9 Å². The van der Waals surface area contributed by atoms with E-state index in [9.17, 15) is 9.59 Å². The van der Waals surface area contributed by atoms with E-state index >= 15 is 0 Å². The van der Waals surface area contributed by atoms with E-state index in [1.807, 2.05) is 24.3 Å². The van der Waals surface area contributed by atoms with Gasteiger partial charge in [-0.15, -0.1) is 0 Å². The van der Waals surface area contributed by atoms with Gasteiger partial charge in [0.1, 0.15) is 6.04 Å². The van der Waals surface area contributed by atoms with E-state index < -0.39 is 12.0 Å². The van der Waals surface area contributed by atoms with E-state index in [1.165, 1.54) is 4.90 Å². The van der Waals surface area contributed by atoms with E-state index in [4.69, 9.17) is 5.11 Å². The molecule has 5 nitrogen and oxygen atoms in total. The maximum absolute atomic E-state index is 12.4. The molecule has 2 aliphatic heterocycles. The topological polar surface area (TPSA) is 60.9 Å². The monoisotopic (exact) mass is 260 g/mol. The third-order valence-corrected chi connectivity index (χ3v) is 3.89. The molecule has 1 saturated heterocycles. The Bertz CT molecular complexity index is 504. The van der Waals surface area contributed by atoms with Crippen LogP contribution in [0.3, 0.4) is 0 Å². The summed E-state index contributed by atoms with van der Waals surface area (Å²) in [6, 6.07) is 7.14. The standard InChI is InChI=1S/C14H16N2O3/c17-13(18)12-6-3-7-16(12)14(19)15-8-10-4-1-2-5-11(10)9-15/h1-2,4-5,12H,3,6-9H2,(H,17,18)/t12-/m0/s1. The number of rotatable bonds is 1. The number of carbonyl (C=O) groups excluding carboxylic acids is 1. The molecule has 19 heavy (non-hydrogen) atoms. The molecular weight excluding hydrogens is 244 g/mol. The predicted octanol–water partition coefficient (Wildman–Crippen LogP) is 1.67. The Balaban J connectivity index is 1.74. The molecule has 2 amide bonds. The minimum atomic E-state index is -0.900. The molecule has 3 rings (SSSR count). The van der Waals surface area contributed by atoms with E-state index in [0.717, 1.165) is 17.5 Å². The normalized spacial score (nSPS) is 21.6. The van der Waals surface area contributed by atoms with Crippen molar-refractivity contribution in [1.82, 2.24) is 9.80 Å². The molecule has 0 saturated carbocycles. The number of carboxylic acids is 1. The fourth-order valence-corrected chi connectivity index (χ4v) is 2.90. The summed E-state index contributed by atoms with van der Waals surface area (Å²) in [7, 11) is 0. The molecule has 1 fully saturated rings. The molecule has 0 spiro atoms. The van der Waals surface area contributed by atoms with Crippen molar-refractivity contribution in [3.63, 3.8) is 0 Å². The Morgan fingerprint density at radius 1 is 1.16 bits per heavy atom. The number of benzene rings is 1. The van der Waals surface area contributed by atoms with Gasteiger partial charge < -0.3 is 14.9 Å². The van der Waals surface area contributed by atoms with Crippen molar-refractivity contribution >= 4 is 12.0 Å². The molecule has 1 aromatic rings. The summed E-state index contributed by atoms with van der Waals surface area (Å²) in [5.74, 6) is -0.900. The lowest BCUT2D eigenvalue weighted by Gasteiger charge is -2.27. The lowest BCUT2D eigenvalue weighted by molar-refractivity contribution is -0.141. The summed E-state index contributed by atoms with van der Waals surface area (Å²) in [5.41, 5.74) is 2.31. The Morgan fingerprint density at radius 3 is 2.37 bits per heavy atom. The fourth-order valence-electron chi connectivity index (χ4n) is 2.90. The van der Waals surface area contributed by atoms with Gasteiger partial charge in [-0.25, -0.2) is 9.59 Å². The van der Waals surface area contributed by atoms with Crippen molar-refractivity contribution in [2.24, 2.45) is 0 Å². The largest absolute Gasteiger partial charge is 0.480 e. The van der Waals surface area contributed by atoms with Gasteiger partial charge in [0.25, 0.3) is 0 Å². The number of nitrogens with zero attached hydrogens (tertiary/aromatic N) is 2. The number of likely N-dealkylation sites (tertiary alicyclic amines) is 1. The average Bonchev–Trinajstić information content (AvgIpc) is 3.04. The number of fused-ring (bicyclic) bond motifs is 1. The molecule has 0 unspecified atom stereocenters. The predicted molar refractivity (Wildman–Crippen MR) is 68.4 cm³/mol. The first kappa shape index (κ1) is 12.0. The Labute approximate surface area is 111 Å². The van der Waals surface area contributed by atoms with Crippen molar-refractivity contribution in [2.45, 2.75) is 32.0 Å². The van der Waals surface area contributed by atoms with Gasteiger partial charge in [0.2, 0.25) is 0 Å². The van der Waals surface area contributed by atoms with Crippen LogP contribution in [0.4, 0.5) is 4.79 Å². The molecule has 2 heterocycles. The molecule has 2 aliphatic rings. The highest BCUT2D eigenvalue weighted by atomic mass is 16.4. The van der Waals surface area contributed by atoms with Crippen LogP contribution in [0.5, 0.6) is 0 Å². The van der Waals surface area contributed by atoms with Crippen LogP contribution in [0, 0.1) is 0 Å².